The Labute approximate surface area is 211 Å². The first-order valence-corrected chi connectivity index (χ1v) is 13.1. The highest BCUT2D eigenvalue weighted by atomic mass is 32.1. The SMILES string of the molecule is CCOc1ccc(/C=c2/sc3n(c2=O)[C@H](c2cccs2)C(C(=O)OCC(C)C)=C(C)N=3)cc1OC. The van der Waals surface area contributed by atoms with Crippen molar-refractivity contribution in [2.45, 2.75) is 33.7 Å². The minimum absolute atomic E-state index is 0.201. The lowest BCUT2D eigenvalue weighted by Crippen LogP contribution is -2.39. The molecule has 0 spiro atoms. The maximum absolute atomic E-state index is 13.6. The molecule has 1 aliphatic rings. The van der Waals surface area contributed by atoms with Crippen LogP contribution in [0, 0.1) is 5.92 Å². The molecule has 1 atom stereocenters. The van der Waals surface area contributed by atoms with Crippen molar-refractivity contribution < 1.29 is 19.0 Å². The number of allylic oxidation sites excluding steroid dienone is 1. The lowest BCUT2D eigenvalue weighted by atomic mass is 10.0. The smallest absolute Gasteiger partial charge is 0.338 e. The Morgan fingerprint density at radius 2 is 2.06 bits per heavy atom. The van der Waals surface area contributed by atoms with Gasteiger partial charge in [-0.05, 0) is 55.0 Å². The van der Waals surface area contributed by atoms with Crippen LogP contribution >= 0.6 is 22.7 Å². The maximum Gasteiger partial charge on any atom is 0.338 e. The summed E-state index contributed by atoms with van der Waals surface area (Å²) in [6.45, 7) is 8.50. The van der Waals surface area contributed by atoms with Crippen molar-refractivity contribution in [2.75, 3.05) is 20.3 Å². The van der Waals surface area contributed by atoms with Gasteiger partial charge in [-0.3, -0.25) is 9.36 Å². The molecule has 0 aliphatic carbocycles. The molecule has 1 aromatic carbocycles. The Morgan fingerprint density at radius 3 is 2.71 bits per heavy atom. The van der Waals surface area contributed by atoms with Crippen LogP contribution in [0.2, 0.25) is 0 Å². The number of hydrogen-bond acceptors (Lipinski definition) is 8. The van der Waals surface area contributed by atoms with Crippen LogP contribution in [0.3, 0.4) is 0 Å². The van der Waals surface area contributed by atoms with E-state index in [0.29, 0.717) is 45.3 Å². The summed E-state index contributed by atoms with van der Waals surface area (Å²) in [5.41, 5.74) is 1.56. The number of thiophene rings is 1. The van der Waals surface area contributed by atoms with E-state index < -0.39 is 12.0 Å². The number of hydrogen-bond donors (Lipinski definition) is 0. The Balaban J connectivity index is 1.83. The van der Waals surface area contributed by atoms with E-state index in [9.17, 15) is 9.59 Å². The molecule has 9 heteroatoms. The number of nitrogens with zero attached hydrogens (tertiary/aromatic N) is 2. The summed E-state index contributed by atoms with van der Waals surface area (Å²) < 4.78 is 18.7. The van der Waals surface area contributed by atoms with Gasteiger partial charge in [0, 0.05) is 4.88 Å². The summed E-state index contributed by atoms with van der Waals surface area (Å²) in [7, 11) is 1.58. The summed E-state index contributed by atoms with van der Waals surface area (Å²) in [5.74, 6) is 0.999. The number of esters is 1. The topological polar surface area (TPSA) is 79.1 Å². The fourth-order valence-electron chi connectivity index (χ4n) is 3.82. The van der Waals surface area contributed by atoms with E-state index in [-0.39, 0.29) is 11.5 Å². The van der Waals surface area contributed by atoms with Crippen molar-refractivity contribution in [3.05, 3.63) is 77.1 Å². The van der Waals surface area contributed by atoms with Crippen LogP contribution in [-0.2, 0) is 9.53 Å². The number of benzene rings is 1. The lowest BCUT2D eigenvalue weighted by molar-refractivity contribution is -0.140. The van der Waals surface area contributed by atoms with Gasteiger partial charge in [0.15, 0.2) is 16.3 Å². The van der Waals surface area contributed by atoms with Gasteiger partial charge >= 0.3 is 5.97 Å². The monoisotopic (exact) mass is 512 g/mol. The molecule has 3 aromatic rings. The molecule has 7 nitrogen and oxygen atoms in total. The van der Waals surface area contributed by atoms with Gasteiger partial charge in [-0.2, -0.15) is 0 Å². The third kappa shape index (κ3) is 5.11. The van der Waals surface area contributed by atoms with E-state index in [2.05, 4.69) is 4.99 Å². The third-order valence-corrected chi connectivity index (χ3v) is 7.29. The van der Waals surface area contributed by atoms with E-state index in [1.807, 2.05) is 62.6 Å². The van der Waals surface area contributed by atoms with Crippen LogP contribution in [0.15, 0.2) is 56.8 Å². The largest absolute Gasteiger partial charge is 0.493 e. The van der Waals surface area contributed by atoms with Crippen LogP contribution in [0.1, 0.15) is 44.2 Å². The van der Waals surface area contributed by atoms with Gasteiger partial charge in [-0.25, -0.2) is 9.79 Å². The van der Waals surface area contributed by atoms with Crippen molar-refractivity contribution in [2.24, 2.45) is 10.9 Å². The number of rotatable bonds is 8. The third-order valence-electron chi connectivity index (χ3n) is 5.39. The molecular formula is C26H28N2O5S2. The Kier molecular flexibility index (Phi) is 7.57. The molecule has 2 aromatic heterocycles. The zero-order valence-electron chi connectivity index (χ0n) is 20.4. The standard InChI is InChI=1S/C26H28N2O5S2/c1-6-32-18-10-9-17(12-19(18)31-5)13-21-24(29)28-23(20-8-7-11-34-20)22(16(4)27-26(28)35-21)25(30)33-14-15(2)3/h7-13,15,23H,6,14H2,1-5H3/b21-13+/t23-/m1/s1. The fourth-order valence-corrected chi connectivity index (χ4v) is 5.69. The van der Waals surface area contributed by atoms with Gasteiger partial charge < -0.3 is 14.2 Å². The van der Waals surface area contributed by atoms with Gasteiger partial charge in [0.2, 0.25) is 0 Å². The zero-order chi connectivity index (χ0) is 25.1. The zero-order valence-corrected chi connectivity index (χ0v) is 22.0. The molecule has 0 radical (unpaired) electrons. The van der Waals surface area contributed by atoms with E-state index in [4.69, 9.17) is 14.2 Å². The van der Waals surface area contributed by atoms with Crippen molar-refractivity contribution in [3.8, 4) is 11.5 Å². The number of carbonyl (C=O) groups is 1. The second-order valence-corrected chi connectivity index (χ2v) is 10.4. The summed E-state index contributed by atoms with van der Waals surface area (Å²) in [4.78, 5) is 32.8. The van der Waals surface area contributed by atoms with Crippen LogP contribution in [0.4, 0.5) is 0 Å². The predicted octanol–water partition coefficient (Wildman–Crippen LogP) is 3.90. The highest BCUT2D eigenvalue weighted by Gasteiger charge is 2.34. The first-order valence-electron chi connectivity index (χ1n) is 11.4. The number of ether oxygens (including phenoxy) is 3. The van der Waals surface area contributed by atoms with Crippen LogP contribution < -0.4 is 24.4 Å². The highest BCUT2D eigenvalue weighted by molar-refractivity contribution is 7.10. The molecule has 4 rings (SSSR count). The summed E-state index contributed by atoms with van der Waals surface area (Å²) in [5, 5.41) is 1.93. The second kappa shape index (κ2) is 10.6. The quantitative estimate of drug-likeness (QED) is 0.428. The number of carbonyl (C=O) groups excluding carboxylic acids is 1. The number of aromatic nitrogens is 1. The van der Waals surface area contributed by atoms with Crippen LogP contribution in [0.5, 0.6) is 11.5 Å². The molecule has 3 heterocycles. The second-order valence-electron chi connectivity index (χ2n) is 8.43. The van der Waals surface area contributed by atoms with Crippen LogP contribution in [0.25, 0.3) is 6.08 Å². The lowest BCUT2D eigenvalue weighted by Gasteiger charge is -2.23. The average Bonchev–Trinajstić information content (AvgIpc) is 3.46. The summed E-state index contributed by atoms with van der Waals surface area (Å²) in [6.07, 6.45) is 1.81. The average molecular weight is 513 g/mol. The van der Waals surface area contributed by atoms with Gasteiger partial charge in [-0.15, -0.1) is 11.3 Å². The summed E-state index contributed by atoms with van der Waals surface area (Å²) >= 11 is 2.79. The number of methoxy groups -OCH3 is 1. The van der Waals surface area contributed by atoms with Gasteiger partial charge in [-0.1, -0.05) is 37.3 Å². The van der Waals surface area contributed by atoms with E-state index in [0.717, 1.165) is 10.4 Å². The molecule has 0 unspecified atom stereocenters. The molecule has 0 amide bonds. The molecule has 0 bridgehead atoms. The van der Waals surface area contributed by atoms with Crippen molar-refractivity contribution >= 4 is 34.7 Å². The fraction of sp³-hybridized carbons (Fsp3) is 0.346. The van der Waals surface area contributed by atoms with Crippen molar-refractivity contribution in [1.29, 1.82) is 0 Å². The minimum Gasteiger partial charge on any atom is -0.493 e. The van der Waals surface area contributed by atoms with Gasteiger partial charge in [0.05, 0.1) is 36.1 Å². The van der Waals surface area contributed by atoms with E-state index >= 15 is 0 Å². The van der Waals surface area contributed by atoms with Crippen molar-refractivity contribution in [1.82, 2.24) is 4.57 Å². The van der Waals surface area contributed by atoms with Crippen LogP contribution in [-0.4, -0.2) is 30.9 Å². The van der Waals surface area contributed by atoms with Gasteiger partial charge in [0.25, 0.3) is 5.56 Å². The molecule has 184 valence electrons. The molecule has 0 saturated heterocycles. The number of fused-ring (bicyclic) bond motifs is 1. The first kappa shape index (κ1) is 24.9. The van der Waals surface area contributed by atoms with Gasteiger partial charge in [0.1, 0.15) is 6.04 Å². The van der Waals surface area contributed by atoms with Crippen molar-refractivity contribution in [3.63, 3.8) is 0 Å². The Bertz CT molecular complexity index is 1430. The normalized spacial score (nSPS) is 15.7. The molecule has 35 heavy (non-hydrogen) atoms. The maximum atomic E-state index is 13.6. The molecule has 0 saturated carbocycles. The molecule has 1 aliphatic heterocycles. The summed E-state index contributed by atoms with van der Waals surface area (Å²) in [6, 6.07) is 8.80. The predicted molar refractivity (Wildman–Crippen MR) is 138 cm³/mol. The minimum atomic E-state index is -0.581. The Hall–Kier alpha value is -3.17. The molecule has 0 fully saturated rings. The molecule has 0 N–H and O–H groups in total. The highest BCUT2D eigenvalue weighted by Crippen LogP contribution is 2.33. The van der Waals surface area contributed by atoms with E-state index in [1.165, 1.54) is 22.7 Å². The first-order chi connectivity index (χ1) is 16.8. The van der Waals surface area contributed by atoms with E-state index in [1.54, 1.807) is 18.6 Å². The molecular weight excluding hydrogens is 484 g/mol. The number of thiazole rings is 1. The Morgan fingerprint density at radius 1 is 1.26 bits per heavy atom.